The molecule has 0 bridgehead atoms. The van der Waals surface area contributed by atoms with Gasteiger partial charge in [-0.25, -0.2) is 14.8 Å². The van der Waals surface area contributed by atoms with E-state index in [-0.39, 0.29) is 16.7 Å². The second kappa shape index (κ2) is 9.44. The Hall–Kier alpha value is -2.63. The number of alkyl halides is 3. The summed E-state index contributed by atoms with van der Waals surface area (Å²) in [5.41, 5.74) is -0.646. The molecule has 2 aliphatic rings. The van der Waals surface area contributed by atoms with E-state index >= 15 is 0 Å². The van der Waals surface area contributed by atoms with Gasteiger partial charge in [-0.05, 0) is 39.2 Å². The van der Waals surface area contributed by atoms with Crippen molar-refractivity contribution in [3.05, 3.63) is 17.3 Å². The van der Waals surface area contributed by atoms with Crippen LogP contribution in [0.25, 0.3) is 10.2 Å². The van der Waals surface area contributed by atoms with Crippen LogP contribution in [0, 0.1) is 5.92 Å². The van der Waals surface area contributed by atoms with Gasteiger partial charge in [-0.1, -0.05) is 6.92 Å². The lowest BCUT2D eigenvalue weighted by Gasteiger charge is -2.38. The van der Waals surface area contributed by atoms with E-state index in [9.17, 15) is 22.8 Å². The van der Waals surface area contributed by atoms with E-state index in [1.807, 2.05) is 11.8 Å². The standard InChI is InChI=1S/C23H30F3N5O3S/c1-14-9-17(31(12-14)21(33)34-22(2,3)4)20(32)30-7-5-29(6-8-30)18-16-10-15(11-23(24,25)26)35-19(16)28-13-27-18/h10,13-14,17H,5-9,11-12H2,1-4H3/t14-,17+/m1/s1. The molecular weight excluding hydrogens is 483 g/mol. The van der Waals surface area contributed by atoms with Crippen molar-refractivity contribution in [2.45, 2.75) is 58.4 Å². The molecule has 0 saturated carbocycles. The number of nitrogens with zero attached hydrogens (tertiary/aromatic N) is 5. The van der Waals surface area contributed by atoms with Gasteiger partial charge in [0.25, 0.3) is 0 Å². The molecule has 4 heterocycles. The predicted molar refractivity (Wildman–Crippen MR) is 126 cm³/mol. The number of thiophene rings is 1. The van der Waals surface area contributed by atoms with Crippen molar-refractivity contribution >= 4 is 39.4 Å². The van der Waals surface area contributed by atoms with Crippen molar-refractivity contribution < 1.29 is 27.5 Å². The number of anilines is 1. The largest absolute Gasteiger partial charge is 0.444 e. The first-order valence-electron chi connectivity index (χ1n) is 11.6. The van der Waals surface area contributed by atoms with Crippen LogP contribution in [-0.4, -0.2) is 82.3 Å². The molecule has 2 amide bonds. The minimum absolute atomic E-state index is 0.101. The molecule has 192 valence electrons. The van der Waals surface area contributed by atoms with Crippen molar-refractivity contribution in [1.29, 1.82) is 0 Å². The third kappa shape index (κ3) is 5.96. The first-order chi connectivity index (χ1) is 16.3. The first kappa shape index (κ1) is 25.5. The second-order valence-electron chi connectivity index (χ2n) is 10.2. The number of aromatic nitrogens is 2. The van der Waals surface area contributed by atoms with E-state index in [0.717, 1.165) is 11.3 Å². The molecule has 2 aromatic heterocycles. The number of rotatable bonds is 3. The number of carbonyl (C=O) groups excluding carboxylic acids is 2. The molecule has 2 fully saturated rings. The highest BCUT2D eigenvalue weighted by Gasteiger charge is 2.42. The fourth-order valence-corrected chi connectivity index (χ4v) is 5.60. The monoisotopic (exact) mass is 513 g/mol. The molecule has 4 rings (SSSR count). The first-order valence-corrected chi connectivity index (χ1v) is 12.5. The highest BCUT2D eigenvalue weighted by molar-refractivity contribution is 7.18. The normalized spacial score (nSPS) is 21.6. The summed E-state index contributed by atoms with van der Waals surface area (Å²) < 4.78 is 44.0. The molecule has 0 aliphatic carbocycles. The van der Waals surface area contributed by atoms with Gasteiger partial charge in [-0.15, -0.1) is 11.3 Å². The van der Waals surface area contributed by atoms with Crippen LogP contribution in [-0.2, 0) is 16.0 Å². The molecule has 0 spiro atoms. The molecule has 0 aromatic carbocycles. The summed E-state index contributed by atoms with van der Waals surface area (Å²) in [6.45, 7) is 9.69. The van der Waals surface area contributed by atoms with Crippen LogP contribution < -0.4 is 4.90 Å². The van der Waals surface area contributed by atoms with E-state index in [0.29, 0.717) is 55.2 Å². The highest BCUT2D eigenvalue weighted by Crippen LogP contribution is 2.34. The van der Waals surface area contributed by atoms with Gasteiger partial charge in [-0.3, -0.25) is 9.69 Å². The second-order valence-corrected chi connectivity index (χ2v) is 11.3. The molecule has 2 saturated heterocycles. The lowest BCUT2D eigenvalue weighted by atomic mass is 10.1. The maximum Gasteiger partial charge on any atom is 0.410 e. The molecule has 2 aromatic rings. The topological polar surface area (TPSA) is 78.9 Å². The molecule has 8 nitrogen and oxygen atoms in total. The van der Waals surface area contributed by atoms with Crippen molar-refractivity contribution in [3.8, 4) is 0 Å². The number of carbonyl (C=O) groups is 2. The van der Waals surface area contributed by atoms with Gasteiger partial charge < -0.3 is 14.5 Å². The molecule has 2 aliphatic heterocycles. The molecule has 12 heteroatoms. The molecular formula is C23H30F3N5O3S. The molecule has 0 unspecified atom stereocenters. The predicted octanol–water partition coefficient (Wildman–Crippen LogP) is 4.09. The molecule has 2 atom stereocenters. The van der Waals surface area contributed by atoms with Gasteiger partial charge in [0.05, 0.1) is 11.8 Å². The fraction of sp³-hybridized carbons (Fsp3) is 0.652. The van der Waals surface area contributed by atoms with Crippen LogP contribution >= 0.6 is 11.3 Å². The van der Waals surface area contributed by atoms with E-state index < -0.39 is 30.3 Å². The van der Waals surface area contributed by atoms with E-state index in [1.54, 1.807) is 25.7 Å². The zero-order valence-electron chi connectivity index (χ0n) is 20.3. The summed E-state index contributed by atoms with van der Waals surface area (Å²) in [4.78, 5) is 40.5. The van der Waals surface area contributed by atoms with E-state index in [2.05, 4.69) is 9.97 Å². The maximum absolute atomic E-state index is 13.3. The zero-order chi connectivity index (χ0) is 25.5. The van der Waals surface area contributed by atoms with Gasteiger partial charge >= 0.3 is 12.3 Å². The Morgan fingerprint density at radius 2 is 1.83 bits per heavy atom. The van der Waals surface area contributed by atoms with Crippen LogP contribution in [0.3, 0.4) is 0 Å². The van der Waals surface area contributed by atoms with Crippen LogP contribution in [0.5, 0.6) is 0 Å². The number of ether oxygens (including phenoxy) is 1. The smallest absolute Gasteiger partial charge is 0.410 e. The van der Waals surface area contributed by atoms with Crippen LogP contribution in [0.2, 0.25) is 0 Å². The minimum Gasteiger partial charge on any atom is -0.444 e. The maximum atomic E-state index is 13.3. The SMILES string of the molecule is C[C@@H]1C[C@@H](C(=O)N2CCN(c3ncnc4sc(CC(F)(F)F)cc34)CC2)N(C(=O)OC(C)(C)C)C1. The summed E-state index contributed by atoms with van der Waals surface area (Å²) in [5, 5.41) is 0.595. The molecule has 35 heavy (non-hydrogen) atoms. The average Bonchev–Trinajstić information content (AvgIpc) is 3.33. The van der Waals surface area contributed by atoms with Gasteiger partial charge in [0, 0.05) is 37.6 Å². The minimum atomic E-state index is -4.29. The van der Waals surface area contributed by atoms with Gasteiger partial charge in [0.15, 0.2) is 0 Å². The Bertz CT molecular complexity index is 1090. The van der Waals surface area contributed by atoms with Gasteiger partial charge in [0.1, 0.15) is 28.6 Å². The Kier molecular flexibility index (Phi) is 6.87. The van der Waals surface area contributed by atoms with E-state index in [1.165, 1.54) is 17.3 Å². The number of amides is 2. The van der Waals surface area contributed by atoms with Gasteiger partial charge in [-0.2, -0.15) is 13.2 Å². The number of fused-ring (bicyclic) bond motifs is 1. The number of piperazine rings is 1. The Labute approximate surface area is 206 Å². The van der Waals surface area contributed by atoms with Crippen molar-refractivity contribution in [2.24, 2.45) is 5.92 Å². The molecule has 0 radical (unpaired) electrons. The van der Waals surface area contributed by atoms with Crippen LogP contribution in [0.15, 0.2) is 12.4 Å². The van der Waals surface area contributed by atoms with Crippen molar-refractivity contribution in [3.63, 3.8) is 0 Å². The number of likely N-dealkylation sites (tertiary alicyclic amines) is 1. The van der Waals surface area contributed by atoms with Crippen LogP contribution in [0.4, 0.5) is 23.8 Å². The van der Waals surface area contributed by atoms with Crippen molar-refractivity contribution in [2.75, 3.05) is 37.6 Å². The molecule has 0 N–H and O–H groups in total. The average molecular weight is 514 g/mol. The summed E-state index contributed by atoms with van der Waals surface area (Å²) >= 11 is 1.02. The summed E-state index contributed by atoms with van der Waals surface area (Å²) in [5.74, 6) is 0.670. The summed E-state index contributed by atoms with van der Waals surface area (Å²) in [6.07, 6.45) is -3.81. The summed E-state index contributed by atoms with van der Waals surface area (Å²) in [7, 11) is 0. The number of hydrogen-bond acceptors (Lipinski definition) is 7. The summed E-state index contributed by atoms with van der Waals surface area (Å²) in [6, 6.07) is 0.956. The Morgan fingerprint density at radius 1 is 1.14 bits per heavy atom. The lowest BCUT2D eigenvalue weighted by molar-refractivity contribution is -0.136. The van der Waals surface area contributed by atoms with Crippen molar-refractivity contribution in [1.82, 2.24) is 19.8 Å². The van der Waals surface area contributed by atoms with Gasteiger partial charge in [0.2, 0.25) is 5.91 Å². The van der Waals surface area contributed by atoms with E-state index in [4.69, 9.17) is 4.74 Å². The zero-order valence-corrected chi connectivity index (χ0v) is 21.1. The fourth-order valence-electron chi connectivity index (χ4n) is 4.58. The van der Waals surface area contributed by atoms with Crippen LogP contribution in [0.1, 0.15) is 39.0 Å². The number of hydrogen-bond donors (Lipinski definition) is 0. The Morgan fingerprint density at radius 3 is 2.46 bits per heavy atom. The lowest BCUT2D eigenvalue weighted by Crippen LogP contribution is -2.55. The highest BCUT2D eigenvalue weighted by atomic mass is 32.1. The number of halogens is 3. The third-order valence-electron chi connectivity index (χ3n) is 6.05. The third-order valence-corrected chi connectivity index (χ3v) is 7.09. The Balaban J connectivity index is 1.43. The quantitative estimate of drug-likeness (QED) is 0.615.